The molecule has 0 bridgehead atoms. The summed E-state index contributed by atoms with van der Waals surface area (Å²) in [5.74, 6) is 0.535. The molecule has 0 heterocycles. The van der Waals surface area contributed by atoms with Crippen molar-refractivity contribution in [3.63, 3.8) is 0 Å². The first-order valence-electron chi connectivity index (χ1n) is 11.6. The average Bonchev–Trinajstić information content (AvgIpc) is 2.90. The van der Waals surface area contributed by atoms with Crippen LogP contribution in [0.2, 0.25) is 0 Å². The predicted molar refractivity (Wildman–Crippen MR) is 146 cm³/mol. The number of rotatable bonds is 10. The largest absolute Gasteiger partial charge is 0.301 e. The monoisotopic (exact) mass is 497 g/mol. The number of aryl methyl sites for hydroxylation is 1. The third kappa shape index (κ3) is 6.93. The molecule has 5 heteroatoms. The molecule has 35 heavy (non-hydrogen) atoms. The van der Waals surface area contributed by atoms with Crippen molar-refractivity contribution in [3.8, 4) is 0 Å². The van der Waals surface area contributed by atoms with Crippen LogP contribution in [-0.2, 0) is 0 Å². The molecule has 0 saturated heterocycles. The maximum Gasteiger partial charge on any atom is 0.206 e. The van der Waals surface area contributed by atoms with E-state index in [0.29, 0.717) is 23.3 Å². The van der Waals surface area contributed by atoms with Gasteiger partial charge in [-0.3, -0.25) is 9.59 Å². The Morgan fingerprint density at radius 2 is 1.40 bits per heavy atom. The van der Waals surface area contributed by atoms with Crippen LogP contribution in [0.4, 0.5) is 0 Å². The predicted octanol–water partition coefficient (Wildman–Crippen LogP) is 7.99. The van der Waals surface area contributed by atoms with E-state index >= 15 is 0 Å². The molecule has 1 aliphatic rings. The van der Waals surface area contributed by atoms with Gasteiger partial charge >= 0.3 is 0 Å². The van der Waals surface area contributed by atoms with Crippen molar-refractivity contribution in [2.45, 2.75) is 40.9 Å². The van der Waals surface area contributed by atoms with Crippen molar-refractivity contribution in [1.82, 2.24) is 0 Å². The maximum atomic E-state index is 12.7. The zero-order valence-corrected chi connectivity index (χ0v) is 21.3. The van der Waals surface area contributed by atoms with Crippen molar-refractivity contribution in [2.75, 3.05) is 5.75 Å². The van der Waals surface area contributed by atoms with E-state index in [1.807, 2.05) is 54.6 Å². The average molecular weight is 498 g/mol. The Bertz CT molecular complexity index is 1270. The lowest BCUT2D eigenvalue weighted by Crippen LogP contribution is -2.13. The molecule has 0 aromatic heterocycles. The summed E-state index contributed by atoms with van der Waals surface area (Å²) in [7, 11) is 0. The number of hydrogen-bond donors (Lipinski definition) is 1. The highest BCUT2D eigenvalue weighted by Gasteiger charge is 2.14. The Morgan fingerprint density at radius 1 is 0.800 bits per heavy atom. The summed E-state index contributed by atoms with van der Waals surface area (Å²) in [6, 6.07) is 23.3. The molecule has 0 spiro atoms. The van der Waals surface area contributed by atoms with Crippen LogP contribution in [0.1, 0.15) is 45.5 Å². The van der Waals surface area contributed by atoms with E-state index in [1.54, 1.807) is 35.7 Å². The van der Waals surface area contributed by atoms with Crippen LogP contribution in [0.25, 0.3) is 0 Å². The standard InChI is InChI=1S/C30H27NO2S2/c1-21-7-13-25(14-8-21)34-20-19-28(31)30(33)24-11-17-27(18-12-24)35-26-15-9-23(10-16-26)29(32)22-5-3-2-4-6-22/h3,5-18,31H,2,4,19-20H2,1H3. The number of allylic oxidation sites excluding steroid dienone is 4. The minimum Gasteiger partial charge on any atom is -0.301 e. The van der Waals surface area contributed by atoms with Crippen LogP contribution in [0.3, 0.4) is 0 Å². The second-order valence-electron chi connectivity index (χ2n) is 8.34. The molecule has 0 saturated carbocycles. The third-order valence-corrected chi connectivity index (χ3v) is 7.67. The Hall–Kier alpha value is -3.15. The van der Waals surface area contributed by atoms with Crippen molar-refractivity contribution in [3.05, 3.63) is 113 Å². The lowest BCUT2D eigenvalue weighted by Gasteiger charge is -2.08. The molecule has 0 radical (unpaired) electrons. The number of carbonyl (C=O) groups is 2. The molecule has 4 rings (SSSR count). The molecule has 1 aliphatic carbocycles. The summed E-state index contributed by atoms with van der Waals surface area (Å²) in [4.78, 5) is 28.4. The summed E-state index contributed by atoms with van der Waals surface area (Å²) in [5, 5.41) is 8.19. The Balaban J connectivity index is 1.29. The van der Waals surface area contributed by atoms with E-state index in [2.05, 4.69) is 31.2 Å². The molecular formula is C30H27NO2S2. The van der Waals surface area contributed by atoms with Gasteiger partial charge in [0.15, 0.2) is 5.78 Å². The van der Waals surface area contributed by atoms with Gasteiger partial charge in [0, 0.05) is 43.6 Å². The van der Waals surface area contributed by atoms with Crippen LogP contribution in [0.5, 0.6) is 0 Å². The highest BCUT2D eigenvalue weighted by molar-refractivity contribution is 7.99. The van der Waals surface area contributed by atoms with Crippen LogP contribution in [0, 0.1) is 12.3 Å². The zero-order chi connectivity index (χ0) is 24.6. The summed E-state index contributed by atoms with van der Waals surface area (Å²) >= 11 is 3.24. The fourth-order valence-electron chi connectivity index (χ4n) is 3.63. The van der Waals surface area contributed by atoms with Gasteiger partial charge in [-0.1, -0.05) is 47.7 Å². The summed E-state index contributed by atoms with van der Waals surface area (Å²) in [6.45, 7) is 2.05. The van der Waals surface area contributed by atoms with Crippen LogP contribution in [-0.4, -0.2) is 23.0 Å². The molecule has 3 aromatic rings. The molecule has 0 aliphatic heterocycles. The first kappa shape index (κ1) is 25.0. The first-order chi connectivity index (χ1) is 17.0. The molecule has 3 nitrogen and oxygen atoms in total. The first-order valence-corrected chi connectivity index (χ1v) is 13.4. The van der Waals surface area contributed by atoms with Gasteiger partial charge in [0.05, 0.1) is 5.71 Å². The second-order valence-corrected chi connectivity index (χ2v) is 10.7. The van der Waals surface area contributed by atoms with E-state index in [1.165, 1.54) is 5.56 Å². The van der Waals surface area contributed by atoms with Crippen LogP contribution >= 0.6 is 23.5 Å². The lowest BCUT2D eigenvalue weighted by molar-refractivity contribution is 0.103. The van der Waals surface area contributed by atoms with Crippen molar-refractivity contribution >= 4 is 40.8 Å². The van der Waals surface area contributed by atoms with Gasteiger partial charge in [0.25, 0.3) is 0 Å². The van der Waals surface area contributed by atoms with Crippen molar-refractivity contribution < 1.29 is 9.59 Å². The van der Waals surface area contributed by atoms with E-state index in [4.69, 9.17) is 5.41 Å². The van der Waals surface area contributed by atoms with Gasteiger partial charge in [-0.05, 0) is 80.4 Å². The van der Waals surface area contributed by atoms with E-state index in [-0.39, 0.29) is 17.3 Å². The number of hydrogen-bond acceptors (Lipinski definition) is 5. The summed E-state index contributed by atoms with van der Waals surface area (Å²) in [5.41, 5.74) is 3.34. The fraction of sp³-hybridized carbons (Fsp3) is 0.167. The number of carbonyl (C=O) groups excluding carboxylic acids is 2. The van der Waals surface area contributed by atoms with Gasteiger partial charge < -0.3 is 5.41 Å². The fourth-order valence-corrected chi connectivity index (χ4v) is 5.31. The smallest absolute Gasteiger partial charge is 0.206 e. The minimum atomic E-state index is -0.222. The van der Waals surface area contributed by atoms with Crippen molar-refractivity contribution in [2.24, 2.45) is 0 Å². The number of benzene rings is 3. The Labute approximate surface area is 215 Å². The van der Waals surface area contributed by atoms with Gasteiger partial charge in [-0.2, -0.15) is 0 Å². The van der Waals surface area contributed by atoms with Gasteiger partial charge in [-0.15, -0.1) is 11.8 Å². The number of thioether (sulfide) groups is 1. The lowest BCUT2D eigenvalue weighted by atomic mass is 9.98. The molecule has 0 atom stereocenters. The molecule has 0 amide bonds. The molecule has 0 fully saturated rings. The SMILES string of the molecule is Cc1ccc(SCCC(=N)C(=O)c2ccc(Sc3ccc(C(=O)C4=CCCC=C4)cc3)cc2)cc1. The maximum absolute atomic E-state index is 12.7. The molecule has 0 unspecified atom stereocenters. The highest BCUT2D eigenvalue weighted by Crippen LogP contribution is 2.29. The molecule has 176 valence electrons. The zero-order valence-electron chi connectivity index (χ0n) is 19.6. The quantitative estimate of drug-likeness (QED) is 0.175. The highest BCUT2D eigenvalue weighted by atomic mass is 32.2. The molecule has 1 N–H and O–H groups in total. The number of nitrogens with one attached hydrogen (secondary N) is 1. The molecular weight excluding hydrogens is 470 g/mol. The van der Waals surface area contributed by atoms with Crippen LogP contribution < -0.4 is 0 Å². The number of Topliss-reactive ketones (excluding diaryl/α,β-unsaturated/α-hetero) is 2. The second kappa shape index (κ2) is 12.0. The Morgan fingerprint density at radius 3 is 2.00 bits per heavy atom. The summed E-state index contributed by atoms with van der Waals surface area (Å²) < 4.78 is 0. The van der Waals surface area contributed by atoms with Crippen LogP contribution in [0.15, 0.2) is 111 Å². The van der Waals surface area contributed by atoms with Gasteiger partial charge in [0.2, 0.25) is 5.78 Å². The normalized spacial score (nSPS) is 12.8. The van der Waals surface area contributed by atoms with Gasteiger partial charge in [0.1, 0.15) is 0 Å². The minimum absolute atomic E-state index is 0.0556. The topological polar surface area (TPSA) is 58.0 Å². The van der Waals surface area contributed by atoms with E-state index in [0.717, 1.165) is 33.1 Å². The Kier molecular flexibility index (Phi) is 8.56. The van der Waals surface area contributed by atoms with Crippen molar-refractivity contribution in [1.29, 1.82) is 5.41 Å². The van der Waals surface area contributed by atoms with E-state index in [9.17, 15) is 9.59 Å². The van der Waals surface area contributed by atoms with E-state index < -0.39 is 0 Å². The third-order valence-electron chi connectivity index (χ3n) is 5.64. The number of ketones is 2. The van der Waals surface area contributed by atoms with Gasteiger partial charge in [-0.25, -0.2) is 0 Å². The molecule has 3 aromatic carbocycles. The summed E-state index contributed by atoms with van der Waals surface area (Å²) in [6.07, 6.45) is 8.28.